The molecular weight excluding hydrogens is 274 g/mol. The molecule has 108 valence electrons. The Kier molecular flexibility index (Phi) is 4.08. The summed E-state index contributed by atoms with van der Waals surface area (Å²) in [5.41, 5.74) is 7.46. The summed E-state index contributed by atoms with van der Waals surface area (Å²) < 4.78 is 31.7. The van der Waals surface area contributed by atoms with Gasteiger partial charge in [-0.1, -0.05) is 0 Å². The Morgan fingerprint density at radius 3 is 2.29 bits per heavy atom. The molecule has 2 rings (SSSR count). The number of nitrogens with two attached hydrogens (primary N) is 1. The second-order valence-electron chi connectivity index (χ2n) is 4.75. The minimum Gasteiger partial charge on any atom is -0.456 e. The number of nitriles is 1. The van der Waals surface area contributed by atoms with Crippen molar-refractivity contribution in [3.63, 3.8) is 0 Å². The molecule has 0 aliphatic heterocycles. The zero-order valence-corrected chi connectivity index (χ0v) is 11.7. The zero-order chi connectivity index (χ0) is 15.6. The third-order valence-corrected chi connectivity index (χ3v) is 3.07. The van der Waals surface area contributed by atoms with Gasteiger partial charge < -0.3 is 10.5 Å². The number of halogens is 2. The standard InChI is InChI=1S/C16H14F2N2O/c1-9-5-11(8-19)6-10(2)15(9)21-14-4-3-12(20)7-13(14)16(17)18/h3-7,16H,20H2,1-2H3. The van der Waals surface area contributed by atoms with Gasteiger partial charge in [0.05, 0.1) is 17.2 Å². The first kappa shape index (κ1) is 14.8. The Balaban J connectivity index is 2.46. The molecule has 0 saturated carbocycles. The molecule has 0 aliphatic carbocycles. The first-order chi connectivity index (χ1) is 9.92. The summed E-state index contributed by atoms with van der Waals surface area (Å²) in [6.07, 6.45) is -2.68. The van der Waals surface area contributed by atoms with Crippen LogP contribution in [0, 0.1) is 25.2 Å². The van der Waals surface area contributed by atoms with Gasteiger partial charge in [0.25, 0.3) is 6.43 Å². The highest BCUT2D eigenvalue weighted by Gasteiger charge is 2.17. The number of nitrogens with zero attached hydrogens (tertiary/aromatic N) is 1. The number of rotatable bonds is 3. The maximum absolute atomic E-state index is 13.1. The van der Waals surface area contributed by atoms with Crippen molar-refractivity contribution in [3.8, 4) is 17.6 Å². The predicted molar refractivity (Wildman–Crippen MR) is 76.5 cm³/mol. The maximum atomic E-state index is 13.1. The van der Waals surface area contributed by atoms with Crippen molar-refractivity contribution >= 4 is 5.69 Å². The molecule has 3 nitrogen and oxygen atoms in total. The van der Waals surface area contributed by atoms with Gasteiger partial charge in [0.1, 0.15) is 11.5 Å². The van der Waals surface area contributed by atoms with E-state index in [2.05, 4.69) is 0 Å². The highest BCUT2D eigenvalue weighted by atomic mass is 19.3. The minimum atomic E-state index is -2.68. The molecule has 0 unspecified atom stereocenters. The van der Waals surface area contributed by atoms with Crippen LogP contribution >= 0.6 is 0 Å². The molecule has 0 bridgehead atoms. The molecule has 0 amide bonds. The van der Waals surface area contributed by atoms with Gasteiger partial charge in [0, 0.05) is 5.69 Å². The molecule has 2 N–H and O–H groups in total. The topological polar surface area (TPSA) is 59.0 Å². The third-order valence-electron chi connectivity index (χ3n) is 3.07. The van der Waals surface area contributed by atoms with Gasteiger partial charge in [-0.25, -0.2) is 8.78 Å². The van der Waals surface area contributed by atoms with Crippen LogP contribution in [0.5, 0.6) is 11.5 Å². The summed E-state index contributed by atoms with van der Waals surface area (Å²) >= 11 is 0. The van der Waals surface area contributed by atoms with Crippen LogP contribution in [0.15, 0.2) is 30.3 Å². The number of alkyl halides is 2. The fraction of sp³-hybridized carbons (Fsp3) is 0.188. The van der Waals surface area contributed by atoms with E-state index in [0.717, 1.165) is 0 Å². The Hall–Kier alpha value is -2.61. The second kappa shape index (κ2) is 5.80. The molecule has 0 radical (unpaired) electrons. The number of nitrogen functional groups attached to an aromatic ring is 1. The normalized spacial score (nSPS) is 10.5. The van der Waals surface area contributed by atoms with Crippen LogP contribution in [0.25, 0.3) is 0 Å². The Morgan fingerprint density at radius 1 is 1.14 bits per heavy atom. The van der Waals surface area contributed by atoms with Crippen LogP contribution in [-0.4, -0.2) is 0 Å². The second-order valence-corrected chi connectivity index (χ2v) is 4.75. The van der Waals surface area contributed by atoms with E-state index in [4.69, 9.17) is 15.7 Å². The fourth-order valence-electron chi connectivity index (χ4n) is 2.12. The van der Waals surface area contributed by atoms with Gasteiger partial charge in [0.15, 0.2) is 0 Å². The van der Waals surface area contributed by atoms with Crippen LogP contribution in [0.2, 0.25) is 0 Å². The molecule has 0 fully saturated rings. The first-order valence-corrected chi connectivity index (χ1v) is 6.29. The van der Waals surface area contributed by atoms with E-state index >= 15 is 0 Å². The Labute approximate surface area is 121 Å². The van der Waals surface area contributed by atoms with Crippen LogP contribution in [0.3, 0.4) is 0 Å². The van der Waals surface area contributed by atoms with E-state index in [1.807, 2.05) is 6.07 Å². The quantitative estimate of drug-likeness (QED) is 0.847. The Bertz CT molecular complexity index is 698. The first-order valence-electron chi connectivity index (χ1n) is 6.29. The van der Waals surface area contributed by atoms with Crippen molar-refractivity contribution in [1.29, 1.82) is 5.26 Å². The molecule has 2 aromatic carbocycles. The summed E-state index contributed by atoms with van der Waals surface area (Å²) in [7, 11) is 0. The number of benzene rings is 2. The van der Waals surface area contributed by atoms with Gasteiger partial charge in [0.2, 0.25) is 0 Å². The predicted octanol–water partition coefficient (Wildman–Crippen LogP) is 4.49. The summed E-state index contributed by atoms with van der Waals surface area (Å²) in [6.45, 7) is 3.53. The minimum absolute atomic E-state index is 0.0649. The van der Waals surface area contributed by atoms with Crippen molar-refractivity contribution in [1.82, 2.24) is 0 Å². The molecule has 0 aliphatic rings. The molecule has 0 saturated heterocycles. The van der Waals surface area contributed by atoms with Crippen molar-refractivity contribution in [3.05, 3.63) is 52.6 Å². The zero-order valence-electron chi connectivity index (χ0n) is 11.7. The average molecular weight is 288 g/mol. The summed E-state index contributed by atoms with van der Waals surface area (Å²) in [5, 5.41) is 8.91. The monoisotopic (exact) mass is 288 g/mol. The Morgan fingerprint density at radius 2 is 1.76 bits per heavy atom. The van der Waals surface area contributed by atoms with Gasteiger partial charge in [-0.3, -0.25) is 0 Å². The molecule has 21 heavy (non-hydrogen) atoms. The average Bonchev–Trinajstić information content (AvgIpc) is 2.43. The highest BCUT2D eigenvalue weighted by molar-refractivity contribution is 5.53. The number of ether oxygens (including phenoxy) is 1. The molecule has 0 aromatic heterocycles. The smallest absolute Gasteiger partial charge is 0.267 e. The molecule has 0 spiro atoms. The molecular formula is C16H14F2N2O. The number of anilines is 1. The van der Waals surface area contributed by atoms with Crippen molar-refractivity contribution in [2.45, 2.75) is 20.3 Å². The van der Waals surface area contributed by atoms with E-state index < -0.39 is 6.43 Å². The lowest BCUT2D eigenvalue weighted by molar-refractivity contribution is 0.148. The summed E-state index contributed by atoms with van der Waals surface area (Å²) in [5.74, 6) is 0.538. The van der Waals surface area contributed by atoms with E-state index in [1.54, 1.807) is 26.0 Å². The SMILES string of the molecule is Cc1cc(C#N)cc(C)c1Oc1ccc(N)cc1C(F)F. The lowest BCUT2D eigenvalue weighted by Gasteiger charge is -2.15. The molecule has 0 atom stereocenters. The van der Waals surface area contributed by atoms with E-state index in [0.29, 0.717) is 22.4 Å². The van der Waals surface area contributed by atoms with Crippen molar-refractivity contribution < 1.29 is 13.5 Å². The highest BCUT2D eigenvalue weighted by Crippen LogP contribution is 2.36. The summed E-state index contributed by atoms with van der Waals surface area (Å²) in [6, 6.07) is 9.49. The third kappa shape index (κ3) is 3.11. The number of aryl methyl sites for hydroxylation is 2. The van der Waals surface area contributed by atoms with Gasteiger partial charge in [-0.15, -0.1) is 0 Å². The van der Waals surface area contributed by atoms with Gasteiger partial charge >= 0.3 is 0 Å². The maximum Gasteiger partial charge on any atom is 0.267 e. The molecule has 2 aromatic rings. The van der Waals surface area contributed by atoms with Crippen molar-refractivity contribution in [2.24, 2.45) is 0 Å². The van der Waals surface area contributed by atoms with Gasteiger partial charge in [-0.2, -0.15) is 5.26 Å². The van der Waals surface area contributed by atoms with E-state index in [1.165, 1.54) is 18.2 Å². The fourth-order valence-corrected chi connectivity index (χ4v) is 2.12. The van der Waals surface area contributed by atoms with Crippen molar-refractivity contribution in [2.75, 3.05) is 5.73 Å². The lowest BCUT2D eigenvalue weighted by atomic mass is 10.1. The van der Waals surface area contributed by atoms with Crippen LogP contribution < -0.4 is 10.5 Å². The molecule has 0 heterocycles. The van der Waals surface area contributed by atoms with Crippen LogP contribution in [-0.2, 0) is 0 Å². The summed E-state index contributed by atoms with van der Waals surface area (Å²) in [4.78, 5) is 0. The largest absolute Gasteiger partial charge is 0.456 e. The lowest BCUT2D eigenvalue weighted by Crippen LogP contribution is -1.98. The van der Waals surface area contributed by atoms with Crippen LogP contribution in [0.4, 0.5) is 14.5 Å². The van der Waals surface area contributed by atoms with E-state index in [-0.39, 0.29) is 17.0 Å². The van der Waals surface area contributed by atoms with Gasteiger partial charge in [-0.05, 0) is 55.3 Å². The molecule has 5 heteroatoms. The number of hydrogen-bond acceptors (Lipinski definition) is 3. The number of hydrogen-bond donors (Lipinski definition) is 1. The van der Waals surface area contributed by atoms with Crippen LogP contribution in [0.1, 0.15) is 28.7 Å². The van der Waals surface area contributed by atoms with E-state index in [9.17, 15) is 8.78 Å².